The first kappa shape index (κ1) is 21.7. The van der Waals surface area contributed by atoms with E-state index in [2.05, 4.69) is 5.32 Å². The lowest BCUT2D eigenvalue weighted by Gasteiger charge is -2.28. The van der Waals surface area contributed by atoms with E-state index in [1.807, 2.05) is 19.1 Å². The minimum atomic E-state index is -2.71. The monoisotopic (exact) mass is 421 g/mol. The third-order valence-electron chi connectivity index (χ3n) is 4.83. The van der Waals surface area contributed by atoms with Gasteiger partial charge in [0.05, 0.1) is 17.7 Å². The first-order valence-corrected chi connectivity index (χ1v) is 9.31. The van der Waals surface area contributed by atoms with Gasteiger partial charge in [-0.1, -0.05) is 18.2 Å². The zero-order valence-corrected chi connectivity index (χ0v) is 16.8. The highest BCUT2D eigenvalue weighted by Crippen LogP contribution is 2.34. The van der Waals surface area contributed by atoms with Crippen molar-refractivity contribution < 1.29 is 32.2 Å². The number of para-hydroxylation sites is 1. The molecule has 1 heterocycles. The Hall–Kier alpha value is -3.00. The van der Waals surface area contributed by atoms with Gasteiger partial charge in [0.15, 0.2) is 11.6 Å². The van der Waals surface area contributed by atoms with Gasteiger partial charge in [-0.15, -0.1) is 0 Å². The number of hydrogen-bond acceptors (Lipinski definition) is 4. The number of aliphatic hydroxyl groups excluding tert-OH is 1. The van der Waals surface area contributed by atoms with E-state index in [-0.39, 0.29) is 28.0 Å². The summed E-state index contributed by atoms with van der Waals surface area (Å²) in [4.78, 5) is 12.8. The van der Waals surface area contributed by atoms with E-state index in [9.17, 15) is 23.1 Å². The van der Waals surface area contributed by atoms with Gasteiger partial charge in [0.2, 0.25) is 6.43 Å². The van der Waals surface area contributed by atoms with Crippen LogP contribution in [0.25, 0.3) is 11.0 Å². The predicted molar refractivity (Wildman–Crippen MR) is 106 cm³/mol. The molecule has 0 saturated heterocycles. The molecule has 0 saturated carbocycles. The molecule has 0 aliphatic heterocycles. The average molecular weight is 421 g/mol. The molecule has 2 aromatic carbocycles. The van der Waals surface area contributed by atoms with Crippen LogP contribution in [0.2, 0.25) is 0 Å². The second kappa shape index (κ2) is 8.39. The summed E-state index contributed by atoms with van der Waals surface area (Å²) in [7, 11) is 0. The minimum Gasteiger partial charge on any atom is -0.460 e. The van der Waals surface area contributed by atoms with Gasteiger partial charge in [0.25, 0.3) is 5.91 Å². The van der Waals surface area contributed by atoms with E-state index in [1.54, 1.807) is 12.1 Å². The number of carbonyl (C=O) groups is 1. The maximum absolute atomic E-state index is 14.5. The molecule has 3 aromatic rings. The lowest BCUT2D eigenvalue weighted by atomic mass is 9.98. The summed E-state index contributed by atoms with van der Waals surface area (Å²) in [5.74, 6) is -0.857. The standard InChI is InChI=1S/C22H22F3NO4/c1-12-6-4-5-7-16(12)30-18-8-14-17(9-15(18)23)29-13(2)20(14)21(28)26-22(3,11-27)10-19(24)25/h4-9,19,27H,10-11H2,1-3H3,(H,26,28). The number of rotatable bonds is 7. The number of carbonyl (C=O) groups excluding carboxylic acids is 1. The molecular formula is C22H22F3NO4. The highest BCUT2D eigenvalue weighted by molar-refractivity contribution is 6.07. The van der Waals surface area contributed by atoms with E-state index in [0.717, 1.165) is 11.6 Å². The molecule has 0 aliphatic carbocycles. The van der Waals surface area contributed by atoms with Crippen molar-refractivity contribution in [1.82, 2.24) is 5.32 Å². The van der Waals surface area contributed by atoms with Crippen LogP contribution in [0.15, 0.2) is 40.8 Å². The summed E-state index contributed by atoms with van der Waals surface area (Å²) < 4.78 is 51.4. The Kier molecular flexibility index (Phi) is 6.07. The van der Waals surface area contributed by atoms with Gasteiger partial charge in [-0.05, 0) is 38.5 Å². The number of nitrogens with one attached hydrogen (secondary N) is 1. The van der Waals surface area contributed by atoms with Crippen molar-refractivity contribution in [1.29, 1.82) is 0 Å². The summed E-state index contributed by atoms with van der Waals surface area (Å²) in [5, 5.41) is 12.2. The van der Waals surface area contributed by atoms with E-state index < -0.39 is 36.7 Å². The number of furan rings is 1. The van der Waals surface area contributed by atoms with Crippen molar-refractivity contribution in [2.24, 2.45) is 0 Å². The number of amides is 1. The normalized spacial score (nSPS) is 13.5. The van der Waals surface area contributed by atoms with Gasteiger partial charge in [-0.25, -0.2) is 13.2 Å². The van der Waals surface area contributed by atoms with E-state index in [0.29, 0.717) is 5.75 Å². The molecule has 0 bridgehead atoms. The fourth-order valence-electron chi connectivity index (χ4n) is 3.20. The van der Waals surface area contributed by atoms with E-state index in [1.165, 1.54) is 19.9 Å². The third kappa shape index (κ3) is 4.43. The van der Waals surface area contributed by atoms with Crippen LogP contribution in [-0.2, 0) is 0 Å². The molecule has 1 atom stereocenters. The molecule has 2 N–H and O–H groups in total. The maximum Gasteiger partial charge on any atom is 0.255 e. The maximum atomic E-state index is 14.5. The van der Waals surface area contributed by atoms with Crippen LogP contribution in [0.4, 0.5) is 13.2 Å². The number of hydrogen-bond donors (Lipinski definition) is 2. The van der Waals surface area contributed by atoms with E-state index in [4.69, 9.17) is 9.15 Å². The van der Waals surface area contributed by atoms with Gasteiger partial charge >= 0.3 is 0 Å². The fraction of sp³-hybridized carbons (Fsp3) is 0.318. The Morgan fingerprint density at radius 1 is 1.23 bits per heavy atom. The number of ether oxygens (including phenoxy) is 1. The molecular weight excluding hydrogens is 399 g/mol. The smallest absolute Gasteiger partial charge is 0.255 e. The third-order valence-corrected chi connectivity index (χ3v) is 4.83. The van der Waals surface area contributed by atoms with Crippen molar-refractivity contribution in [2.75, 3.05) is 6.61 Å². The highest BCUT2D eigenvalue weighted by Gasteiger charge is 2.32. The van der Waals surface area contributed by atoms with E-state index >= 15 is 0 Å². The Labute approximate surface area is 171 Å². The number of halogens is 3. The molecule has 3 rings (SSSR count). The molecule has 5 nitrogen and oxygen atoms in total. The SMILES string of the molecule is Cc1ccccc1Oc1cc2c(C(=O)NC(C)(CO)CC(F)F)c(C)oc2cc1F. The van der Waals surface area contributed by atoms with Crippen molar-refractivity contribution >= 4 is 16.9 Å². The average Bonchev–Trinajstić information content (AvgIpc) is 2.97. The fourth-order valence-corrected chi connectivity index (χ4v) is 3.20. The Morgan fingerprint density at radius 2 is 1.93 bits per heavy atom. The van der Waals surface area contributed by atoms with Gasteiger partial charge in [0.1, 0.15) is 17.1 Å². The number of alkyl halides is 2. The topological polar surface area (TPSA) is 71.7 Å². The summed E-state index contributed by atoms with van der Waals surface area (Å²) in [6.45, 7) is 3.97. The Morgan fingerprint density at radius 3 is 2.57 bits per heavy atom. The minimum absolute atomic E-state index is 0.0635. The van der Waals surface area contributed by atoms with Gasteiger partial charge in [-0.3, -0.25) is 4.79 Å². The number of fused-ring (bicyclic) bond motifs is 1. The van der Waals surface area contributed by atoms with Crippen LogP contribution < -0.4 is 10.1 Å². The molecule has 160 valence electrons. The van der Waals surface area contributed by atoms with Crippen LogP contribution in [0.5, 0.6) is 11.5 Å². The second-order valence-electron chi connectivity index (χ2n) is 7.45. The largest absolute Gasteiger partial charge is 0.460 e. The van der Waals surface area contributed by atoms with Crippen molar-refractivity contribution in [3.63, 3.8) is 0 Å². The first-order valence-electron chi connectivity index (χ1n) is 9.31. The first-order chi connectivity index (χ1) is 14.1. The zero-order chi connectivity index (χ0) is 22.1. The van der Waals surface area contributed by atoms with Crippen molar-refractivity contribution in [3.05, 3.63) is 59.1 Å². The number of aryl methyl sites for hydroxylation is 2. The van der Waals surface area contributed by atoms with Crippen LogP contribution in [0.3, 0.4) is 0 Å². The lowest BCUT2D eigenvalue weighted by molar-refractivity contribution is 0.0586. The van der Waals surface area contributed by atoms with Gasteiger partial charge < -0.3 is 19.6 Å². The lowest BCUT2D eigenvalue weighted by Crippen LogP contribution is -2.50. The Bertz CT molecular complexity index is 1080. The van der Waals surface area contributed by atoms with Crippen LogP contribution in [0.1, 0.15) is 35.0 Å². The molecule has 30 heavy (non-hydrogen) atoms. The molecule has 1 amide bonds. The van der Waals surface area contributed by atoms with Crippen molar-refractivity contribution in [3.8, 4) is 11.5 Å². The molecule has 1 unspecified atom stereocenters. The van der Waals surface area contributed by atoms with Crippen LogP contribution in [-0.4, -0.2) is 29.6 Å². The molecule has 8 heteroatoms. The predicted octanol–water partition coefficient (Wildman–Crippen LogP) is 5.12. The van der Waals surface area contributed by atoms with Crippen LogP contribution >= 0.6 is 0 Å². The van der Waals surface area contributed by atoms with Gasteiger partial charge in [-0.2, -0.15) is 0 Å². The molecule has 0 radical (unpaired) electrons. The van der Waals surface area contributed by atoms with Gasteiger partial charge in [0, 0.05) is 17.9 Å². The van der Waals surface area contributed by atoms with Crippen LogP contribution in [0, 0.1) is 19.7 Å². The number of aliphatic hydroxyl groups is 1. The second-order valence-corrected chi connectivity index (χ2v) is 7.45. The molecule has 0 fully saturated rings. The zero-order valence-electron chi connectivity index (χ0n) is 16.8. The quantitative estimate of drug-likeness (QED) is 0.556. The molecule has 0 aliphatic rings. The molecule has 0 spiro atoms. The van der Waals surface area contributed by atoms with Crippen molar-refractivity contribution in [2.45, 2.75) is 39.2 Å². The summed E-state index contributed by atoms with van der Waals surface area (Å²) >= 11 is 0. The molecule has 1 aromatic heterocycles. The summed E-state index contributed by atoms with van der Waals surface area (Å²) in [6, 6.07) is 9.51. The summed E-state index contributed by atoms with van der Waals surface area (Å²) in [5.41, 5.74) is -0.550. The summed E-state index contributed by atoms with van der Waals surface area (Å²) in [6.07, 6.45) is -3.44. The number of benzene rings is 2. The Balaban J connectivity index is 2.00. The highest BCUT2D eigenvalue weighted by atomic mass is 19.3.